The van der Waals surface area contributed by atoms with Gasteiger partial charge in [-0.3, -0.25) is 0 Å². The first-order chi connectivity index (χ1) is 19.1. The zero-order valence-corrected chi connectivity index (χ0v) is 23.6. The lowest BCUT2D eigenvalue weighted by atomic mass is 10.1. The molecule has 2 aliphatic rings. The molecule has 5 rings (SSSR count). The molecule has 0 amide bonds. The van der Waals surface area contributed by atoms with Crippen molar-refractivity contribution in [3.8, 4) is 11.5 Å². The number of nitrogens with zero attached hydrogens (tertiary/aromatic N) is 6. The number of hydrogen-bond acceptors (Lipinski definition) is 10. The van der Waals surface area contributed by atoms with Crippen LogP contribution in [0.3, 0.4) is 0 Å². The van der Waals surface area contributed by atoms with Crippen molar-refractivity contribution in [3.05, 3.63) is 58.1 Å². The van der Waals surface area contributed by atoms with Crippen LogP contribution in [0.1, 0.15) is 54.4 Å². The third-order valence-electron chi connectivity index (χ3n) is 6.72. The number of anilines is 3. The molecule has 2 aliphatic heterocycles. The summed E-state index contributed by atoms with van der Waals surface area (Å²) < 4.78 is 11.8. The van der Waals surface area contributed by atoms with E-state index >= 15 is 0 Å². The molecule has 0 aliphatic carbocycles. The SMILES string of the molecule is COc1cc(/C=N/Nc2nc(N3CCCCC3)nc(N3CCCCC3)n2)ccc1OC(=O)c1cccc(Br)c1. The molecular formula is C28H32BrN7O3. The highest BCUT2D eigenvalue weighted by molar-refractivity contribution is 9.10. The fourth-order valence-corrected chi connectivity index (χ4v) is 5.06. The summed E-state index contributed by atoms with van der Waals surface area (Å²) >= 11 is 3.37. The van der Waals surface area contributed by atoms with Crippen LogP contribution in [0.15, 0.2) is 52.0 Å². The van der Waals surface area contributed by atoms with Gasteiger partial charge in [0.05, 0.1) is 18.9 Å². The molecule has 0 spiro atoms. The first-order valence-electron chi connectivity index (χ1n) is 13.3. The monoisotopic (exact) mass is 593 g/mol. The second-order valence-corrected chi connectivity index (χ2v) is 10.5. The molecule has 0 saturated carbocycles. The highest BCUT2D eigenvalue weighted by Gasteiger charge is 2.20. The summed E-state index contributed by atoms with van der Waals surface area (Å²) in [4.78, 5) is 31.2. The molecule has 11 heteroatoms. The van der Waals surface area contributed by atoms with Gasteiger partial charge in [-0.1, -0.05) is 22.0 Å². The molecule has 2 saturated heterocycles. The number of rotatable bonds is 8. The number of hydrazone groups is 1. The molecule has 2 aromatic carbocycles. The number of esters is 1. The Hall–Kier alpha value is -3.73. The van der Waals surface area contributed by atoms with Crippen LogP contribution in [0.25, 0.3) is 0 Å². The van der Waals surface area contributed by atoms with E-state index in [-0.39, 0.29) is 0 Å². The molecule has 0 radical (unpaired) electrons. The third kappa shape index (κ3) is 7.03. The van der Waals surface area contributed by atoms with Crippen molar-refractivity contribution in [2.75, 3.05) is 48.5 Å². The summed E-state index contributed by atoms with van der Waals surface area (Å²) in [5.74, 6) is 2.07. The maximum Gasteiger partial charge on any atom is 0.343 e. The third-order valence-corrected chi connectivity index (χ3v) is 7.21. The molecule has 0 bridgehead atoms. The van der Waals surface area contributed by atoms with Gasteiger partial charge in [0, 0.05) is 30.7 Å². The van der Waals surface area contributed by atoms with Gasteiger partial charge >= 0.3 is 5.97 Å². The maximum absolute atomic E-state index is 12.6. The number of ether oxygens (including phenoxy) is 2. The number of methoxy groups -OCH3 is 1. The normalized spacial score (nSPS) is 15.8. The van der Waals surface area contributed by atoms with Gasteiger partial charge in [0.15, 0.2) is 11.5 Å². The van der Waals surface area contributed by atoms with Crippen LogP contribution in [0.5, 0.6) is 11.5 Å². The number of halogens is 1. The average molecular weight is 595 g/mol. The Morgan fingerprint density at radius 2 is 1.56 bits per heavy atom. The quantitative estimate of drug-likeness (QED) is 0.161. The molecule has 3 aromatic rings. The average Bonchev–Trinajstić information content (AvgIpc) is 2.98. The van der Waals surface area contributed by atoms with E-state index in [0.717, 1.165) is 61.9 Å². The highest BCUT2D eigenvalue weighted by atomic mass is 79.9. The van der Waals surface area contributed by atoms with Crippen molar-refractivity contribution < 1.29 is 14.3 Å². The zero-order chi connectivity index (χ0) is 27.0. The van der Waals surface area contributed by atoms with E-state index in [1.807, 2.05) is 6.07 Å². The number of piperidine rings is 2. The van der Waals surface area contributed by atoms with Gasteiger partial charge in [-0.15, -0.1) is 0 Å². The van der Waals surface area contributed by atoms with Gasteiger partial charge in [0.25, 0.3) is 0 Å². The lowest BCUT2D eigenvalue weighted by molar-refractivity contribution is 0.0729. The number of aromatic nitrogens is 3. The Bertz CT molecular complexity index is 1290. The minimum absolute atomic E-state index is 0.322. The van der Waals surface area contributed by atoms with Crippen LogP contribution in [-0.4, -0.2) is 60.4 Å². The van der Waals surface area contributed by atoms with E-state index in [1.54, 1.807) is 42.6 Å². The van der Waals surface area contributed by atoms with Crippen molar-refractivity contribution in [2.45, 2.75) is 38.5 Å². The molecule has 1 N–H and O–H groups in total. The Balaban J connectivity index is 1.30. The number of benzene rings is 2. The summed E-state index contributed by atoms with van der Waals surface area (Å²) in [5.41, 5.74) is 4.18. The molecule has 39 heavy (non-hydrogen) atoms. The van der Waals surface area contributed by atoms with Crippen molar-refractivity contribution in [1.29, 1.82) is 0 Å². The van der Waals surface area contributed by atoms with Crippen molar-refractivity contribution in [1.82, 2.24) is 15.0 Å². The Kier molecular flexibility index (Phi) is 8.87. The maximum atomic E-state index is 12.6. The van der Waals surface area contributed by atoms with Crippen LogP contribution in [-0.2, 0) is 0 Å². The summed E-state index contributed by atoms with van der Waals surface area (Å²) in [6.45, 7) is 3.80. The second-order valence-electron chi connectivity index (χ2n) is 9.53. The van der Waals surface area contributed by atoms with Crippen LogP contribution < -0.4 is 24.7 Å². The zero-order valence-electron chi connectivity index (χ0n) is 22.0. The fourth-order valence-electron chi connectivity index (χ4n) is 4.66. The van der Waals surface area contributed by atoms with E-state index < -0.39 is 5.97 Å². The lowest BCUT2D eigenvalue weighted by Gasteiger charge is -2.30. The summed E-state index contributed by atoms with van der Waals surface area (Å²) in [6.07, 6.45) is 8.68. The van der Waals surface area contributed by atoms with E-state index in [1.165, 1.54) is 20.0 Å². The van der Waals surface area contributed by atoms with E-state index in [9.17, 15) is 4.79 Å². The molecule has 2 fully saturated rings. The molecule has 204 valence electrons. The van der Waals surface area contributed by atoms with Gasteiger partial charge in [-0.25, -0.2) is 10.2 Å². The topological polar surface area (TPSA) is 105 Å². The molecule has 1 aromatic heterocycles. The van der Waals surface area contributed by atoms with Crippen LogP contribution in [0.4, 0.5) is 17.8 Å². The van der Waals surface area contributed by atoms with Crippen molar-refractivity contribution in [2.24, 2.45) is 5.10 Å². The fraction of sp³-hybridized carbons (Fsp3) is 0.393. The molecule has 3 heterocycles. The van der Waals surface area contributed by atoms with E-state index in [2.05, 4.69) is 46.2 Å². The predicted octanol–water partition coefficient (Wildman–Crippen LogP) is 5.29. The second kappa shape index (κ2) is 12.9. The number of carbonyl (C=O) groups excluding carboxylic acids is 1. The Labute approximate surface area is 236 Å². The van der Waals surface area contributed by atoms with Crippen molar-refractivity contribution >= 4 is 46.0 Å². The minimum atomic E-state index is -0.471. The highest BCUT2D eigenvalue weighted by Crippen LogP contribution is 2.29. The summed E-state index contributed by atoms with van der Waals surface area (Å²) in [7, 11) is 1.53. The smallest absolute Gasteiger partial charge is 0.343 e. The molecule has 10 nitrogen and oxygen atoms in total. The first-order valence-corrected chi connectivity index (χ1v) is 14.1. The van der Waals surface area contributed by atoms with Crippen LogP contribution in [0.2, 0.25) is 0 Å². The van der Waals surface area contributed by atoms with Crippen LogP contribution in [0, 0.1) is 0 Å². The van der Waals surface area contributed by atoms with E-state index in [4.69, 9.17) is 14.5 Å². The van der Waals surface area contributed by atoms with Gasteiger partial charge in [0.2, 0.25) is 17.8 Å². The number of nitrogens with one attached hydrogen (secondary N) is 1. The van der Waals surface area contributed by atoms with Gasteiger partial charge in [-0.05, 0) is 80.5 Å². The molecular weight excluding hydrogens is 562 g/mol. The minimum Gasteiger partial charge on any atom is -0.493 e. The van der Waals surface area contributed by atoms with E-state index in [0.29, 0.717) is 34.9 Å². The predicted molar refractivity (Wildman–Crippen MR) is 155 cm³/mol. The summed E-state index contributed by atoms with van der Waals surface area (Å²) in [5, 5.41) is 4.37. The Morgan fingerprint density at radius 1 is 0.897 bits per heavy atom. The Morgan fingerprint density at radius 3 is 2.18 bits per heavy atom. The number of hydrogen-bond donors (Lipinski definition) is 1. The lowest BCUT2D eigenvalue weighted by Crippen LogP contribution is -2.34. The van der Waals surface area contributed by atoms with Gasteiger partial charge < -0.3 is 19.3 Å². The first kappa shape index (κ1) is 26.9. The molecule has 0 atom stereocenters. The number of carbonyl (C=O) groups is 1. The van der Waals surface area contributed by atoms with Crippen LogP contribution >= 0.6 is 15.9 Å². The van der Waals surface area contributed by atoms with Crippen molar-refractivity contribution in [3.63, 3.8) is 0 Å². The van der Waals surface area contributed by atoms with Gasteiger partial charge in [-0.2, -0.15) is 20.1 Å². The largest absolute Gasteiger partial charge is 0.493 e. The van der Waals surface area contributed by atoms with Gasteiger partial charge in [0.1, 0.15) is 0 Å². The summed E-state index contributed by atoms with van der Waals surface area (Å²) in [6, 6.07) is 12.3. The molecule has 0 unspecified atom stereocenters. The standard InChI is InChI=1S/C28H32BrN7O3/c1-38-24-17-20(11-12-23(24)39-25(37)21-9-8-10-22(29)18-21)19-30-34-26-31-27(35-13-4-2-5-14-35)33-28(32-26)36-15-6-3-7-16-36/h8-12,17-19H,2-7,13-16H2,1H3,(H,31,32,33,34)/b30-19+.